The van der Waals surface area contributed by atoms with Gasteiger partial charge in [0.25, 0.3) is 5.91 Å². The second kappa shape index (κ2) is 6.84. The average Bonchev–Trinajstić information content (AvgIpc) is 3.36. The molecule has 0 aliphatic carbocycles. The summed E-state index contributed by atoms with van der Waals surface area (Å²) in [6.07, 6.45) is 6.31. The van der Waals surface area contributed by atoms with Crippen molar-refractivity contribution < 1.29 is 9.21 Å². The van der Waals surface area contributed by atoms with E-state index in [2.05, 4.69) is 20.2 Å². The van der Waals surface area contributed by atoms with Crippen LogP contribution < -0.4 is 10.2 Å². The highest BCUT2D eigenvalue weighted by atomic mass is 32.1. The molecule has 4 heterocycles. The Labute approximate surface area is 149 Å². The molecule has 1 saturated heterocycles. The third-order valence-electron chi connectivity index (χ3n) is 4.56. The van der Waals surface area contributed by atoms with Gasteiger partial charge in [-0.1, -0.05) is 0 Å². The molecule has 0 radical (unpaired) electrons. The Morgan fingerprint density at radius 3 is 2.96 bits per heavy atom. The Morgan fingerprint density at radius 1 is 1.36 bits per heavy atom. The molecule has 0 aromatic carbocycles. The van der Waals surface area contributed by atoms with Crippen molar-refractivity contribution in [3.05, 3.63) is 40.9 Å². The van der Waals surface area contributed by atoms with Crippen LogP contribution in [0.25, 0.3) is 10.2 Å². The molecule has 1 N–H and O–H groups in total. The van der Waals surface area contributed by atoms with Gasteiger partial charge >= 0.3 is 0 Å². The Balaban J connectivity index is 1.56. The minimum absolute atomic E-state index is 0.0561. The first kappa shape index (κ1) is 16.1. The van der Waals surface area contributed by atoms with E-state index in [-0.39, 0.29) is 5.91 Å². The van der Waals surface area contributed by atoms with Gasteiger partial charge in [0.15, 0.2) is 0 Å². The van der Waals surface area contributed by atoms with Gasteiger partial charge in [0.05, 0.1) is 16.5 Å². The highest BCUT2D eigenvalue weighted by molar-refractivity contribution is 7.20. The number of anilines is 1. The molecule has 1 aliphatic rings. The van der Waals surface area contributed by atoms with Gasteiger partial charge in [0.1, 0.15) is 22.7 Å². The Hall–Kier alpha value is -2.41. The average molecular weight is 356 g/mol. The van der Waals surface area contributed by atoms with Gasteiger partial charge in [-0.15, -0.1) is 11.3 Å². The minimum Gasteiger partial charge on any atom is -0.469 e. The molecule has 0 atom stereocenters. The summed E-state index contributed by atoms with van der Waals surface area (Å²) in [5.74, 6) is 1.78. The summed E-state index contributed by atoms with van der Waals surface area (Å²) >= 11 is 1.44. The minimum atomic E-state index is -0.0561. The number of fused-ring (bicyclic) bond motifs is 1. The lowest BCUT2D eigenvalue weighted by Gasteiger charge is -2.17. The summed E-state index contributed by atoms with van der Waals surface area (Å²) in [5.41, 5.74) is 0.970. The molecule has 130 valence electrons. The Bertz CT molecular complexity index is 882. The largest absolute Gasteiger partial charge is 0.469 e. The maximum absolute atomic E-state index is 12.6. The first-order chi connectivity index (χ1) is 12.2. The van der Waals surface area contributed by atoms with Crippen LogP contribution >= 0.6 is 11.3 Å². The molecule has 7 heteroatoms. The zero-order valence-corrected chi connectivity index (χ0v) is 14.9. The fraction of sp³-hybridized carbons (Fsp3) is 0.389. The lowest BCUT2D eigenvalue weighted by atomic mass is 10.2. The van der Waals surface area contributed by atoms with Crippen molar-refractivity contribution in [1.29, 1.82) is 0 Å². The molecule has 0 bridgehead atoms. The Kier molecular flexibility index (Phi) is 4.40. The summed E-state index contributed by atoms with van der Waals surface area (Å²) in [7, 11) is 0. The molecular formula is C18H20N4O2S. The molecule has 1 amide bonds. The normalized spacial score (nSPS) is 14.4. The van der Waals surface area contributed by atoms with Crippen molar-refractivity contribution in [1.82, 2.24) is 15.3 Å². The van der Waals surface area contributed by atoms with Crippen molar-refractivity contribution in [2.75, 3.05) is 24.5 Å². The van der Waals surface area contributed by atoms with Crippen LogP contribution in [0, 0.1) is 6.92 Å². The van der Waals surface area contributed by atoms with E-state index >= 15 is 0 Å². The van der Waals surface area contributed by atoms with Crippen LogP contribution in [0.2, 0.25) is 0 Å². The number of rotatable bonds is 5. The fourth-order valence-electron chi connectivity index (χ4n) is 3.27. The van der Waals surface area contributed by atoms with E-state index in [0.29, 0.717) is 13.0 Å². The van der Waals surface area contributed by atoms with Gasteiger partial charge in [-0.05, 0) is 37.5 Å². The summed E-state index contributed by atoms with van der Waals surface area (Å²) < 4.78 is 5.29. The molecule has 25 heavy (non-hydrogen) atoms. The highest BCUT2D eigenvalue weighted by Gasteiger charge is 2.23. The van der Waals surface area contributed by atoms with Crippen LogP contribution in [0.15, 0.2) is 29.1 Å². The van der Waals surface area contributed by atoms with Crippen LogP contribution in [-0.2, 0) is 6.42 Å². The summed E-state index contributed by atoms with van der Waals surface area (Å²) in [4.78, 5) is 25.4. The van der Waals surface area contributed by atoms with E-state index in [9.17, 15) is 4.79 Å². The second-order valence-corrected chi connectivity index (χ2v) is 7.21. The van der Waals surface area contributed by atoms with Gasteiger partial charge in [-0.2, -0.15) is 0 Å². The van der Waals surface area contributed by atoms with Crippen LogP contribution in [0.1, 0.15) is 33.8 Å². The summed E-state index contributed by atoms with van der Waals surface area (Å²) in [6, 6.07) is 3.76. The lowest BCUT2D eigenvalue weighted by Crippen LogP contribution is -2.25. The number of amides is 1. The van der Waals surface area contributed by atoms with E-state index in [0.717, 1.165) is 45.3 Å². The van der Waals surface area contributed by atoms with Crippen LogP contribution in [-0.4, -0.2) is 35.5 Å². The maximum atomic E-state index is 12.6. The van der Waals surface area contributed by atoms with E-state index in [4.69, 9.17) is 4.42 Å². The SMILES string of the molecule is Cc1c(C(=O)NCCc2ccco2)sc2ncnc(N3CCCC3)c12. The van der Waals surface area contributed by atoms with Gasteiger partial charge < -0.3 is 14.6 Å². The number of hydrogen-bond acceptors (Lipinski definition) is 6. The van der Waals surface area contributed by atoms with Gasteiger partial charge in [-0.25, -0.2) is 9.97 Å². The van der Waals surface area contributed by atoms with E-state index < -0.39 is 0 Å². The van der Waals surface area contributed by atoms with Crippen molar-refractivity contribution in [3.8, 4) is 0 Å². The van der Waals surface area contributed by atoms with Crippen molar-refractivity contribution in [2.24, 2.45) is 0 Å². The first-order valence-electron chi connectivity index (χ1n) is 8.53. The molecule has 1 aliphatic heterocycles. The molecular weight excluding hydrogens is 336 g/mol. The van der Waals surface area contributed by atoms with Gasteiger partial charge in [-0.3, -0.25) is 4.79 Å². The smallest absolute Gasteiger partial charge is 0.261 e. The van der Waals surface area contributed by atoms with E-state index in [1.54, 1.807) is 12.6 Å². The number of furan rings is 1. The monoisotopic (exact) mass is 356 g/mol. The molecule has 3 aromatic heterocycles. The van der Waals surface area contributed by atoms with Gasteiger partial charge in [0.2, 0.25) is 0 Å². The molecule has 6 nitrogen and oxygen atoms in total. The fourth-order valence-corrected chi connectivity index (χ4v) is 4.33. The predicted molar refractivity (Wildman–Crippen MR) is 98.3 cm³/mol. The number of nitrogens with zero attached hydrogens (tertiary/aromatic N) is 3. The number of hydrogen-bond donors (Lipinski definition) is 1. The van der Waals surface area contributed by atoms with Crippen molar-refractivity contribution in [3.63, 3.8) is 0 Å². The molecule has 1 fully saturated rings. The van der Waals surface area contributed by atoms with Crippen molar-refractivity contribution >= 4 is 33.3 Å². The highest BCUT2D eigenvalue weighted by Crippen LogP contribution is 2.35. The number of thiophene rings is 1. The predicted octanol–water partition coefficient (Wildman–Crippen LogP) is 3.17. The summed E-state index contributed by atoms with van der Waals surface area (Å²) in [6.45, 7) is 4.58. The first-order valence-corrected chi connectivity index (χ1v) is 9.35. The van der Waals surface area contributed by atoms with Crippen LogP contribution in [0.3, 0.4) is 0 Å². The second-order valence-electron chi connectivity index (χ2n) is 6.21. The van der Waals surface area contributed by atoms with E-state index in [1.807, 2.05) is 19.1 Å². The van der Waals surface area contributed by atoms with E-state index in [1.165, 1.54) is 24.2 Å². The number of aromatic nitrogens is 2. The number of nitrogens with one attached hydrogen (secondary N) is 1. The number of carbonyl (C=O) groups excluding carboxylic acids is 1. The van der Waals surface area contributed by atoms with Crippen LogP contribution in [0.4, 0.5) is 5.82 Å². The number of carbonyl (C=O) groups is 1. The maximum Gasteiger partial charge on any atom is 0.261 e. The van der Waals surface area contributed by atoms with Crippen molar-refractivity contribution in [2.45, 2.75) is 26.2 Å². The Morgan fingerprint density at radius 2 is 2.20 bits per heavy atom. The molecule has 4 rings (SSSR count). The number of aryl methyl sites for hydroxylation is 1. The zero-order chi connectivity index (χ0) is 17.2. The topological polar surface area (TPSA) is 71.3 Å². The van der Waals surface area contributed by atoms with Crippen LogP contribution in [0.5, 0.6) is 0 Å². The molecule has 0 saturated carbocycles. The molecule has 3 aromatic rings. The van der Waals surface area contributed by atoms with Gasteiger partial charge in [0, 0.05) is 26.1 Å². The third kappa shape index (κ3) is 3.11. The molecule has 0 unspecified atom stereocenters. The third-order valence-corrected chi connectivity index (χ3v) is 5.75. The summed E-state index contributed by atoms with van der Waals surface area (Å²) in [5, 5.41) is 4.00. The lowest BCUT2D eigenvalue weighted by molar-refractivity contribution is 0.0957. The standard InChI is InChI=1S/C18H20N4O2S/c1-12-14-16(22-8-2-3-9-22)20-11-21-18(14)25-15(12)17(23)19-7-6-13-5-4-10-24-13/h4-5,10-11H,2-3,6-9H2,1H3,(H,19,23). The zero-order valence-electron chi connectivity index (χ0n) is 14.1. The quantitative estimate of drug-likeness (QED) is 0.760. The molecule has 0 spiro atoms.